The Bertz CT molecular complexity index is 668. The van der Waals surface area contributed by atoms with Gasteiger partial charge in [-0.1, -0.05) is 25.9 Å². The molecule has 0 unspecified atom stereocenters. The number of carbonyl (C=O) groups is 1. The molecule has 1 saturated heterocycles. The highest BCUT2D eigenvalue weighted by Crippen LogP contribution is 2.32. The quantitative estimate of drug-likeness (QED) is 0.867. The van der Waals surface area contributed by atoms with Gasteiger partial charge >= 0.3 is 0 Å². The van der Waals surface area contributed by atoms with Gasteiger partial charge in [0.2, 0.25) is 17.6 Å². The molecule has 122 valence electrons. The number of carbonyl (C=O) groups excluding carboxylic acids is 1. The van der Waals surface area contributed by atoms with Crippen LogP contribution >= 0.6 is 0 Å². The normalized spacial score (nSPS) is 21.1. The third-order valence-corrected chi connectivity index (χ3v) is 4.23. The monoisotopic (exact) mass is 314 g/mol. The number of hydrogen-bond acceptors (Lipinski definition) is 5. The third-order valence-electron chi connectivity index (χ3n) is 4.23. The van der Waals surface area contributed by atoms with E-state index >= 15 is 0 Å². The molecule has 2 aromatic rings. The van der Waals surface area contributed by atoms with Crippen molar-refractivity contribution < 1.29 is 9.32 Å². The molecule has 1 fully saturated rings. The number of amides is 1. The summed E-state index contributed by atoms with van der Waals surface area (Å²) in [5.74, 6) is 2.15. The van der Waals surface area contributed by atoms with E-state index in [1.54, 1.807) is 12.4 Å². The Kier molecular flexibility index (Phi) is 4.41. The van der Waals surface area contributed by atoms with Crippen molar-refractivity contribution in [2.24, 2.45) is 11.8 Å². The fraction of sp³-hybridized carbons (Fsp3) is 0.529. The molecule has 6 nitrogen and oxygen atoms in total. The van der Waals surface area contributed by atoms with Crippen LogP contribution in [0.5, 0.6) is 0 Å². The molecule has 1 amide bonds. The van der Waals surface area contributed by atoms with Crippen molar-refractivity contribution in [1.82, 2.24) is 20.0 Å². The first-order valence-electron chi connectivity index (χ1n) is 8.06. The Balaban J connectivity index is 1.73. The van der Waals surface area contributed by atoms with Gasteiger partial charge in [-0.05, 0) is 24.0 Å². The Morgan fingerprint density at radius 3 is 2.96 bits per heavy atom. The maximum absolute atomic E-state index is 12.3. The molecule has 23 heavy (non-hydrogen) atoms. The van der Waals surface area contributed by atoms with E-state index in [1.807, 2.05) is 17.0 Å². The molecular weight excluding hydrogens is 292 g/mol. The predicted octanol–water partition coefficient (Wildman–Crippen LogP) is 2.74. The van der Waals surface area contributed by atoms with E-state index < -0.39 is 0 Å². The zero-order chi connectivity index (χ0) is 16.4. The highest BCUT2D eigenvalue weighted by molar-refractivity contribution is 5.76. The second kappa shape index (κ2) is 6.48. The second-order valence-corrected chi connectivity index (χ2v) is 6.68. The Morgan fingerprint density at radius 1 is 1.43 bits per heavy atom. The minimum absolute atomic E-state index is 0.101. The fourth-order valence-corrected chi connectivity index (χ4v) is 2.97. The number of aromatic nitrogens is 3. The van der Waals surface area contributed by atoms with Crippen molar-refractivity contribution in [2.75, 3.05) is 13.1 Å². The van der Waals surface area contributed by atoms with Crippen LogP contribution in [0.2, 0.25) is 0 Å². The summed E-state index contributed by atoms with van der Waals surface area (Å²) in [6.07, 6.45) is 4.01. The van der Waals surface area contributed by atoms with Gasteiger partial charge < -0.3 is 9.42 Å². The van der Waals surface area contributed by atoms with Crippen LogP contribution in [-0.2, 0) is 4.79 Å². The standard InChI is InChI=1S/C17H22N4O2/c1-11(2)7-15(22)21-9-12(3)14(10-21)17-19-16(20-23-17)13-5-4-6-18-8-13/h4-6,8,11-12,14H,7,9-10H2,1-3H3/t12-,14-/m0/s1. The van der Waals surface area contributed by atoms with Crippen LogP contribution in [-0.4, -0.2) is 39.0 Å². The molecule has 3 heterocycles. The van der Waals surface area contributed by atoms with Gasteiger partial charge in [0.1, 0.15) is 0 Å². The van der Waals surface area contributed by atoms with Gasteiger partial charge in [0, 0.05) is 37.5 Å². The molecular formula is C17H22N4O2. The van der Waals surface area contributed by atoms with Gasteiger partial charge in [-0.15, -0.1) is 0 Å². The van der Waals surface area contributed by atoms with Crippen LogP contribution in [0.4, 0.5) is 0 Å². The zero-order valence-electron chi connectivity index (χ0n) is 13.8. The smallest absolute Gasteiger partial charge is 0.232 e. The average Bonchev–Trinajstić information content (AvgIpc) is 3.14. The number of pyridine rings is 1. The van der Waals surface area contributed by atoms with Crippen LogP contribution < -0.4 is 0 Å². The lowest BCUT2D eigenvalue weighted by molar-refractivity contribution is -0.131. The highest BCUT2D eigenvalue weighted by Gasteiger charge is 2.36. The summed E-state index contributed by atoms with van der Waals surface area (Å²) in [7, 11) is 0. The number of likely N-dealkylation sites (tertiary alicyclic amines) is 1. The van der Waals surface area contributed by atoms with Crippen LogP contribution in [0.1, 0.15) is 39.0 Å². The lowest BCUT2D eigenvalue weighted by atomic mass is 9.98. The van der Waals surface area contributed by atoms with Gasteiger partial charge in [-0.25, -0.2) is 0 Å². The summed E-state index contributed by atoms with van der Waals surface area (Å²) in [5, 5.41) is 4.05. The molecule has 3 rings (SSSR count). The van der Waals surface area contributed by atoms with Crippen molar-refractivity contribution in [3.05, 3.63) is 30.4 Å². The Hall–Kier alpha value is -2.24. The van der Waals surface area contributed by atoms with Crippen molar-refractivity contribution in [3.63, 3.8) is 0 Å². The largest absolute Gasteiger partial charge is 0.342 e. The van der Waals surface area contributed by atoms with Gasteiger partial charge in [0.15, 0.2) is 0 Å². The summed E-state index contributed by atoms with van der Waals surface area (Å²) in [5.41, 5.74) is 0.834. The second-order valence-electron chi connectivity index (χ2n) is 6.68. The minimum atomic E-state index is 0.101. The van der Waals surface area contributed by atoms with E-state index in [2.05, 4.69) is 35.9 Å². The highest BCUT2D eigenvalue weighted by atomic mass is 16.5. The van der Waals surface area contributed by atoms with Crippen molar-refractivity contribution in [1.29, 1.82) is 0 Å². The van der Waals surface area contributed by atoms with Crippen molar-refractivity contribution in [3.8, 4) is 11.4 Å². The van der Waals surface area contributed by atoms with Crippen LogP contribution in [0.25, 0.3) is 11.4 Å². The molecule has 1 aliphatic heterocycles. The van der Waals surface area contributed by atoms with E-state index in [4.69, 9.17) is 4.52 Å². The van der Waals surface area contributed by atoms with E-state index in [0.717, 1.165) is 12.1 Å². The number of hydrogen-bond donors (Lipinski definition) is 0. The summed E-state index contributed by atoms with van der Waals surface area (Å²) in [6.45, 7) is 7.66. The molecule has 0 aliphatic carbocycles. The average molecular weight is 314 g/mol. The molecule has 0 radical (unpaired) electrons. The molecule has 1 aliphatic rings. The molecule has 2 aromatic heterocycles. The molecule has 0 N–H and O–H groups in total. The molecule has 6 heteroatoms. The van der Waals surface area contributed by atoms with Crippen molar-refractivity contribution >= 4 is 5.91 Å². The van der Waals surface area contributed by atoms with Crippen LogP contribution in [0.3, 0.4) is 0 Å². The maximum atomic E-state index is 12.3. The summed E-state index contributed by atoms with van der Waals surface area (Å²) in [6, 6.07) is 3.74. The fourth-order valence-electron chi connectivity index (χ4n) is 2.97. The molecule has 0 aromatic carbocycles. The SMILES string of the molecule is CC(C)CC(=O)N1C[C@H](c2nc(-c3cccnc3)no2)[C@@H](C)C1. The van der Waals surface area contributed by atoms with E-state index in [1.165, 1.54) is 0 Å². The molecule has 2 atom stereocenters. The van der Waals surface area contributed by atoms with Crippen molar-refractivity contribution in [2.45, 2.75) is 33.1 Å². The van der Waals surface area contributed by atoms with Gasteiger partial charge in [0.05, 0.1) is 5.92 Å². The predicted molar refractivity (Wildman–Crippen MR) is 85.5 cm³/mol. The number of rotatable bonds is 4. The third kappa shape index (κ3) is 3.41. The first-order chi connectivity index (χ1) is 11.0. The first kappa shape index (κ1) is 15.6. The summed E-state index contributed by atoms with van der Waals surface area (Å²) >= 11 is 0. The van der Waals surface area contributed by atoms with E-state index in [-0.39, 0.29) is 11.8 Å². The van der Waals surface area contributed by atoms with Gasteiger partial charge in [-0.2, -0.15) is 4.98 Å². The lowest BCUT2D eigenvalue weighted by Gasteiger charge is -2.17. The molecule has 0 spiro atoms. The van der Waals surface area contributed by atoms with Crippen LogP contribution in [0, 0.1) is 11.8 Å². The lowest BCUT2D eigenvalue weighted by Crippen LogP contribution is -2.29. The zero-order valence-corrected chi connectivity index (χ0v) is 13.8. The Morgan fingerprint density at radius 2 is 2.26 bits per heavy atom. The summed E-state index contributed by atoms with van der Waals surface area (Å²) < 4.78 is 5.46. The Labute approximate surface area is 135 Å². The van der Waals surface area contributed by atoms with Gasteiger partial charge in [-0.3, -0.25) is 9.78 Å². The van der Waals surface area contributed by atoms with Gasteiger partial charge in [0.25, 0.3) is 0 Å². The van der Waals surface area contributed by atoms with Crippen LogP contribution in [0.15, 0.2) is 29.0 Å². The molecule has 0 saturated carbocycles. The summed E-state index contributed by atoms with van der Waals surface area (Å²) in [4.78, 5) is 22.8. The number of nitrogens with zero attached hydrogens (tertiary/aromatic N) is 4. The minimum Gasteiger partial charge on any atom is -0.342 e. The van der Waals surface area contributed by atoms with E-state index in [9.17, 15) is 4.79 Å². The van der Waals surface area contributed by atoms with E-state index in [0.29, 0.717) is 36.5 Å². The first-order valence-corrected chi connectivity index (χ1v) is 8.06. The topological polar surface area (TPSA) is 72.1 Å². The maximum Gasteiger partial charge on any atom is 0.232 e. The molecule has 0 bridgehead atoms.